The van der Waals surface area contributed by atoms with Crippen LogP contribution in [0.5, 0.6) is 0 Å². The summed E-state index contributed by atoms with van der Waals surface area (Å²) in [6.07, 6.45) is 1.72. The molecule has 0 unspecified atom stereocenters. The number of nitrogens with one attached hydrogen (secondary N) is 1. The Morgan fingerprint density at radius 2 is 1.75 bits per heavy atom. The summed E-state index contributed by atoms with van der Waals surface area (Å²) < 4.78 is 15.5. The van der Waals surface area contributed by atoms with E-state index in [4.69, 9.17) is 0 Å². The number of H-pyrrole nitrogens is 1. The highest BCUT2D eigenvalue weighted by atomic mass is 19.1. The van der Waals surface area contributed by atoms with Gasteiger partial charge in [-0.05, 0) is 104 Å². The predicted octanol–water partition coefficient (Wildman–Crippen LogP) is 5.57. The van der Waals surface area contributed by atoms with Gasteiger partial charge in [0.2, 0.25) is 0 Å². The van der Waals surface area contributed by atoms with E-state index in [0.717, 1.165) is 40.7 Å². The first-order valence-corrected chi connectivity index (χ1v) is 12.5. The third kappa shape index (κ3) is 5.54. The van der Waals surface area contributed by atoms with Crippen LogP contribution in [0.4, 0.5) is 4.39 Å². The van der Waals surface area contributed by atoms with E-state index in [1.807, 2.05) is 23.7 Å². The summed E-state index contributed by atoms with van der Waals surface area (Å²) in [5.74, 6) is 0.485. The first kappa shape index (κ1) is 25.7. The Hall–Kier alpha value is -3.39. The van der Waals surface area contributed by atoms with Gasteiger partial charge in [0.05, 0.1) is 11.6 Å². The van der Waals surface area contributed by atoms with Crippen molar-refractivity contribution in [2.24, 2.45) is 0 Å². The van der Waals surface area contributed by atoms with Crippen molar-refractivity contribution in [1.29, 1.82) is 0 Å². The highest BCUT2D eigenvalue weighted by Gasteiger charge is 2.30. The minimum Gasteiger partial charge on any atom is -0.322 e. The highest BCUT2D eigenvalue weighted by Crippen LogP contribution is 2.30. The van der Waals surface area contributed by atoms with E-state index >= 15 is 0 Å². The third-order valence-corrected chi connectivity index (χ3v) is 6.64. The smallest absolute Gasteiger partial charge is 0.252 e. The quantitative estimate of drug-likeness (QED) is 0.349. The molecule has 2 aromatic heterocycles. The molecule has 0 saturated heterocycles. The number of fused-ring (bicyclic) bond motifs is 1. The Kier molecular flexibility index (Phi) is 7.36. The second kappa shape index (κ2) is 10.3. The summed E-state index contributed by atoms with van der Waals surface area (Å²) in [6.45, 7) is 13.4. The van der Waals surface area contributed by atoms with E-state index < -0.39 is 0 Å². The van der Waals surface area contributed by atoms with Crippen molar-refractivity contribution >= 4 is 10.9 Å². The van der Waals surface area contributed by atoms with E-state index in [2.05, 4.69) is 66.1 Å². The fourth-order valence-electron chi connectivity index (χ4n) is 4.59. The number of hydrogen-bond donors (Lipinski definition) is 1. The van der Waals surface area contributed by atoms with Crippen LogP contribution in [-0.2, 0) is 18.6 Å². The van der Waals surface area contributed by atoms with Crippen LogP contribution < -0.4 is 5.56 Å². The zero-order valence-corrected chi connectivity index (χ0v) is 22.0. The van der Waals surface area contributed by atoms with Gasteiger partial charge in [0.25, 0.3) is 5.56 Å². The molecule has 0 aliphatic heterocycles. The van der Waals surface area contributed by atoms with Crippen LogP contribution in [0.1, 0.15) is 74.7 Å². The number of pyridine rings is 1. The summed E-state index contributed by atoms with van der Waals surface area (Å²) in [5, 5.41) is 13.7. The van der Waals surface area contributed by atoms with Crippen LogP contribution in [-0.4, -0.2) is 30.1 Å². The molecule has 0 aliphatic carbocycles. The van der Waals surface area contributed by atoms with Crippen LogP contribution in [0.15, 0.2) is 47.3 Å². The molecule has 0 aliphatic rings. The van der Waals surface area contributed by atoms with Crippen molar-refractivity contribution in [2.45, 2.75) is 79.1 Å². The van der Waals surface area contributed by atoms with E-state index in [1.165, 1.54) is 17.7 Å². The molecule has 8 heteroatoms. The molecule has 0 radical (unpaired) electrons. The van der Waals surface area contributed by atoms with Crippen molar-refractivity contribution < 1.29 is 4.39 Å². The van der Waals surface area contributed by atoms with Gasteiger partial charge in [-0.25, -0.2) is 9.07 Å². The molecule has 2 aromatic carbocycles. The monoisotopic (exact) mass is 490 g/mol. The van der Waals surface area contributed by atoms with Crippen LogP contribution in [0.25, 0.3) is 10.9 Å². The zero-order chi connectivity index (χ0) is 26.0. The largest absolute Gasteiger partial charge is 0.322 e. The molecule has 7 nitrogen and oxygen atoms in total. The number of tetrazole rings is 1. The molecular weight excluding hydrogens is 455 g/mol. The minimum atomic E-state index is -0.303. The summed E-state index contributed by atoms with van der Waals surface area (Å²) in [7, 11) is 0. The Morgan fingerprint density at radius 3 is 2.42 bits per heavy atom. The molecule has 190 valence electrons. The van der Waals surface area contributed by atoms with Crippen molar-refractivity contribution in [3.05, 3.63) is 86.7 Å². The Morgan fingerprint density at radius 1 is 1.06 bits per heavy atom. The van der Waals surface area contributed by atoms with Crippen molar-refractivity contribution in [3.8, 4) is 0 Å². The van der Waals surface area contributed by atoms with Gasteiger partial charge in [-0.15, -0.1) is 5.10 Å². The van der Waals surface area contributed by atoms with Crippen molar-refractivity contribution in [2.75, 3.05) is 0 Å². The SMILES string of the molecule is CCC[C@H](c1nnnn1C(C)(C)C)N(Cc1ccc(F)cc1)Cc1cc2cc(C)c(C)cc2[nH]c1=O. The summed E-state index contributed by atoms with van der Waals surface area (Å²) in [4.78, 5) is 18.5. The van der Waals surface area contributed by atoms with Crippen LogP contribution in [0.2, 0.25) is 0 Å². The lowest BCUT2D eigenvalue weighted by atomic mass is 10.0. The zero-order valence-electron chi connectivity index (χ0n) is 22.0. The Labute approximate surface area is 211 Å². The van der Waals surface area contributed by atoms with Crippen molar-refractivity contribution in [1.82, 2.24) is 30.1 Å². The van der Waals surface area contributed by atoms with Crippen molar-refractivity contribution in [3.63, 3.8) is 0 Å². The predicted molar refractivity (Wildman–Crippen MR) is 140 cm³/mol. The third-order valence-electron chi connectivity index (χ3n) is 6.64. The maximum atomic E-state index is 13.6. The number of aromatic nitrogens is 5. The summed E-state index contributed by atoms with van der Waals surface area (Å²) >= 11 is 0. The summed E-state index contributed by atoms with van der Waals surface area (Å²) in [6, 6.07) is 12.5. The first-order chi connectivity index (χ1) is 17.1. The van der Waals surface area contributed by atoms with Crippen LogP contribution in [0.3, 0.4) is 0 Å². The van der Waals surface area contributed by atoms with Gasteiger partial charge in [0.1, 0.15) is 5.82 Å². The van der Waals surface area contributed by atoms with Gasteiger partial charge in [0.15, 0.2) is 5.82 Å². The summed E-state index contributed by atoms with van der Waals surface area (Å²) in [5.41, 5.74) is 4.36. The number of benzene rings is 2. The molecule has 1 N–H and O–H groups in total. The number of aryl methyl sites for hydroxylation is 2. The van der Waals surface area contributed by atoms with Crippen LogP contribution >= 0.6 is 0 Å². The lowest BCUT2D eigenvalue weighted by Gasteiger charge is -2.33. The normalized spacial score (nSPS) is 13.0. The minimum absolute atomic E-state index is 0.111. The standard InChI is InChI=1S/C28H35FN6O/c1-7-8-25(26-31-32-33-35(26)28(4,5)6)34(16-20-9-11-23(29)12-10-20)17-22-15-21-13-18(2)19(3)14-24(21)30-27(22)36/h9-15,25H,7-8,16-17H2,1-6H3,(H,30,36)/t25-/m1/s1. The fraction of sp³-hybridized carbons (Fsp3) is 0.429. The molecule has 0 saturated carbocycles. The second-order valence-corrected chi connectivity index (χ2v) is 10.6. The van der Waals surface area contributed by atoms with E-state index in [-0.39, 0.29) is 23.0 Å². The molecule has 4 aromatic rings. The second-order valence-electron chi connectivity index (χ2n) is 10.6. The lowest BCUT2D eigenvalue weighted by molar-refractivity contribution is 0.148. The fourth-order valence-corrected chi connectivity index (χ4v) is 4.59. The van der Waals surface area contributed by atoms with Gasteiger partial charge in [-0.1, -0.05) is 25.5 Å². The van der Waals surface area contributed by atoms with E-state index in [1.54, 1.807) is 12.1 Å². The molecule has 0 spiro atoms. The molecule has 0 amide bonds. The molecule has 36 heavy (non-hydrogen) atoms. The van der Waals surface area contributed by atoms with E-state index in [9.17, 15) is 9.18 Å². The highest BCUT2D eigenvalue weighted by molar-refractivity contribution is 5.80. The number of hydrogen-bond acceptors (Lipinski definition) is 5. The number of aromatic amines is 1. The number of nitrogens with zero attached hydrogens (tertiary/aromatic N) is 5. The number of rotatable bonds is 8. The lowest BCUT2D eigenvalue weighted by Crippen LogP contribution is -2.35. The van der Waals surface area contributed by atoms with E-state index in [0.29, 0.717) is 18.7 Å². The molecule has 1 atom stereocenters. The number of halogens is 1. The average Bonchev–Trinajstić information content (AvgIpc) is 3.31. The van der Waals surface area contributed by atoms with Gasteiger partial charge in [0, 0.05) is 24.2 Å². The maximum absolute atomic E-state index is 13.6. The van der Waals surface area contributed by atoms with Gasteiger partial charge in [-0.3, -0.25) is 9.69 Å². The average molecular weight is 491 g/mol. The van der Waals surface area contributed by atoms with Gasteiger partial charge < -0.3 is 4.98 Å². The topological polar surface area (TPSA) is 79.7 Å². The van der Waals surface area contributed by atoms with Gasteiger partial charge in [-0.2, -0.15) is 0 Å². The maximum Gasteiger partial charge on any atom is 0.252 e. The Bertz CT molecular complexity index is 1400. The molecule has 0 bridgehead atoms. The Balaban J connectivity index is 1.80. The van der Waals surface area contributed by atoms with Gasteiger partial charge >= 0.3 is 0 Å². The molecule has 0 fully saturated rings. The first-order valence-electron chi connectivity index (χ1n) is 12.5. The molecular formula is C28H35FN6O. The molecule has 2 heterocycles. The molecule has 4 rings (SSSR count). The van der Waals surface area contributed by atoms with Crippen LogP contribution in [0, 0.1) is 19.7 Å².